The van der Waals surface area contributed by atoms with Gasteiger partial charge in [-0.1, -0.05) is 19.4 Å². The van der Waals surface area contributed by atoms with E-state index in [-0.39, 0.29) is 5.82 Å². The molecule has 0 radical (unpaired) electrons. The maximum absolute atomic E-state index is 14.0. The van der Waals surface area contributed by atoms with E-state index >= 15 is 0 Å². The predicted molar refractivity (Wildman–Crippen MR) is 79.1 cm³/mol. The van der Waals surface area contributed by atoms with E-state index in [9.17, 15) is 4.39 Å². The SMILES string of the molecule is CCCCOCc1c(CNC)sc2cccc(F)c12. The summed E-state index contributed by atoms with van der Waals surface area (Å²) in [6, 6.07) is 5.25. The van der Waals surface area contributed by atoms with E-state index in [1.165, 1.54) is 10.9 Å². The molecule has 19 heavy (non-hydrogen) atoms. The molecule has 1 aromatic carbocycles. The number of hydrogen-bond donors (Lipinski definition) is 1. The minimum Gasteiger partial charge on any atom is -0.377 e. The molecule has 4 heteroatoms. The van der Waals surface area contributed by atoms with Crippen molar-refractivity contribution in [2.75, 3.05) is 13.7 Å². The van der Waals surface area contributed by atoms with Crippen LogP contribution in [0, 0.1) is 5.82 Å². The molecule has 1 heterocycles. The predicted octanol–water partition coefficient (Wildman–Crippen LogP) is 4.08. The maximum Gasteiger partial charge on any atom is 0.132 e. The fraction of sp³-hybridized carbons (Fsp3) is 0.467. The number of unbranched alkanes of at least 4 members (excludes halogenated alkanes) is 1. The van der Waals surface area contributed by atoms with E-state index in [0.29, 0.717) is 6.61 Å². The molecule has 0 aliphatic rings. The number of rotatable bonds is 7. The summed E-state index contributed by atoms with van der Waals surface area (Å²) >= 11 is 1.64. The lowest BCUT2D eigenvalue weighted by molar-refractivity contribution is 0.118. The van der Waals surface area contributed by atoms with Crippen LogP contribution in [0.15, 0.2) is 18.2 Å². The zero-order valence-corrected chi connectivity index (χ0v) is 12.3. The van der Waals surface area contributed by atoms with Gasteiger partial charge in [-0.3, -0.25) is 0 Å². The van der Waals surface area contributed by atoms with Gasteiger partial charge in [0.1, 0.15) is 5.82 Å². The second kappa shape index (κ2) is 6.98. The van der Waals surface area contributed by atoms with Crippen molar-refractivity contribution in [2.45, 2.75) is 32.9 Å². The number of hydrogen-bond acceptors (Lipinski definition) is 3. The first kappa shape index (κ1) is 14.4. The van der Waals surface area contributed by atoms with Crippen LogP contribution in [-0.2, 0) is 17.9 Å². The highest BCUT2D eigenvalue weighted by Crippen LogP contribution is 2.33. The molecular formula is C15H20FNOS. The minimum atomic E-state index is -0.148. The maximum atomic E-state index is 14.0. The van der Waals surface area contributed by atoms with E-state index in [1.807, 2.05) is 13.1 Å². The first-order chi connectivity index (χ1) is 9.27. The number of nitrogens with one attached hydrogen (secondary N) is 1. The third-order valence-electron chi connectivity index (χ3n) is 3.07. The molecule has 1 aromatic heterocycles. The average Bonchev–Trinajstić information content (AvgIpc) is 2.74. The van der Waals surface area contributed by atoms with Gasteiger partial charge in [0.05, 0.1) is 6.61 Å². The zero-order valence-electron chi connectivity index (χ0n) is 11.5. The lowest BCUT2D eigenvalue weighted by atomic mass is 10.1. The van der Waals surface area contributed by atoms with Gasteiger partial charge in [-0.15, -0.1) is 11.3 Å². The first-order valence-electron chi connectivity index (χ1n) is 6.69. The van der Waals surface area contributed by atoms with Crippen molar-refractivity contribution in [1.82, 2.24) is 5.32 Å². The zero-order chi connectivity index (χ0) is 13.7. The summed E-state index contributed by atoms with van der Waals surface area (Å²) in [5.74, 6) is -0.148. The summed E-state index contributed by atoms with van der Waals surface area (Å²) in [7, 11) is 1.91. The quantitative estimate of drug-likeness (QED) is 0.772. The van der Waals surface area contributed by atoms with Crippen LogP contribution in [-0.4, -0.2) is 13.7 Å². The van der Waals surface area contributed by atoms with Crippen molar-refractivity contribution in [3.05, 3.63) is 34.5 Å². The lowest BCUT2D eigenvalue weighted by Crippen LogP contribution is -2.06. The molecule has 0 amide bonds. The van der Waals surface area contributed by atoms with E-state index in [4.69, 9.17) is 4.74 Å². The van der Waals surface area contributed by atoms with Gasteiger partial charge in [-0.05, 0) is 25.6 Å². The molecule has 2 aromatic rings. The van der Waals surface area contributed by atoms with E-state index in [2.05, 4.69) is 12.2 Å². The molecule has 0 spiro atoms. The molecule has 104 valence electrons. The highest BCUT2D eigenvalue weighted by Gasteiger charge is 2.14. The van der Waals surface area contributed by atoms with Crippen LogP contribution in [0.3, 0.4) is 0 Å². The summed E-state index contributed by atoms with van der Waals surface area (Å²) in [5.41, 5.74) is 1.00. The normalized spacial score (nSPS) is 11.3. The van der Waals surface area contributed by atoms with Gasteiger partial charge < -0.3 is 10.1 Å². The van der Waals surface area contributed by atoms with Crippen LogP contribution in [0.25, 0.3) is 10.1 Å². The molecule has 0 aliphatic heterocycles. The van der Waals surface area contributed by atoms with E-state index in [1.54, 1.807) is 17.4 Å². The smallest absolute Gasteiger partial charge is 0.132 e. The molecule has 0 unspecified atom stereocenters. The topological polar surface area (TPSA) is 21.3 Å². The number of benzene rings is 1. The van der Waals surface area contributed by atoms with Crippen LogP contribution in [0.4, 0.5) is 4.39 Å². The van der Waals surface area contributed by atoms with Crippen LogP contribution in [0.2, 0.25) is 0 Å². The number of ether oxygens (including phenoxy) is 1. The molecule has 1 N–H and O–H groups in total. The Balaban J connectivity index is 2.28. The van der Waals surface area contributed by atoms with Crippen LogP contribution >= 0.6 is 11.3 Å². The Bertz CT molecular complexity index is 538. The summed E-state index contributed by atoms with van der Waals surface area (Å²) in [6.07, 6.45) is 2.16. The third kappa shape index (κ3) is 3.32. The highest BCUT2D eigenvalue weighted by molar-refractivity contribution is 7.19. The first-order valence-corrected chi connectivity index (χ1v) is 7.50. The average molecular weight is 281 g/mol. The number of halogens is 1. The summed E-state index contributed by atoms with van der Waals surface area (Å²) < 4.78 is 20.7. The molecule has 0 bridgehead atoms. The standard InChI is InChI=1S/C15H20FNOS/c1-3-4-8-18-10-11-14(9-17-2)19-13-7-5-6-12(16)15(11)13/h5-7,17H,3-4,8-10H2,1-2H3. The Kier molecular flexibility index (Phi) is 5.31. The fourth-order valence-electron chi connectivity index (χ4n) is 2.09. The Morgan fingerprint density at radius 2 is 2.21 bits per heavy atom. The molecule has 0 aliphatic carbocycles. The highest BCUT2D eigenvalue weighted by atomic mass is 32.1. The largest absolute Gasteiger partial charge is 0.377 e. The molecule has 0 saturated heterocycles. The molecule has 2 nitrogen and oxygen atoms in total. The second-order valence-electron chi connectivity index (χ2n) is 4.55. The van der Waals surface area contributed by atoms with Crippen molar-refractivity contribution in [3.8, 4) is 0 Å². The lowest BCUT2D eigenvalue weighted by Gasteiger charge is -2.06. The van der Waals surface area contributed by atoms with Gasteiger partial charge >= 0.3 is 0 Å². The van der Waals surface area contributed by atoms with Crippen LogP contribution in [0.5, 0.6) is 0 Å². The van der Waals surface area contributed by atoms with Crippen molar-refractivity contribution in [2.24, 2.45) is 0 Å². The second-order valence-corrected chi connectivity index (χ2v) is 5.69. The van der Waals surface area contributed by atoms with Gasteiger partial charge in [-0.2, -0.15) is 0 Å². The van der Waals surface area contributed by atoms with Crippen LogP contribution in [0.1, 0.15) is 30.2 Å². The molecule has 0 saturated carbocycles. The van der Waals surface area contributed by atoms with Crippen molar-refractivity contribution < 1.29 is 9.13 Å². The van der Waals surface area contributed by atoms with Gasteiger partial charge in [-0.25, -0.2) is 4.39 Å². The number of thiophene rings is 1. The molecule has 0 fully saturated rings. The molecule has 0 atom stereocenters. The Labute approximate surface area is 117 Å². The van der Waals surface area contributed by atoms with Crippen molar-refractivity contribution in [1.29, 1.82) is 0 Å². The summed E-state index contributed by atoms with van der Waals surface area (Å²) in [5, 5.41) is 3.87. The van der Waals surface area contributed by atoms with Gasteiger partial charge in [0.2, 0.25) is 0 Å². The monoisotopic (exact) mass is 281 g/mol. The van der Waals surface area contributed by atoms with Gasteiger partial charge in [0, 0.05) is 33.7 Å². The van der Waals surface area contributed by atoms with Crippen molar-refractivity contribution in [3.63, 3.8) is 0 Å². The van der Waals surface area contributed by atoms with E-state index in [0.717, 1.165) is 41.6 Å². The van der Waals surface area contributed by atoms with Crippen molar-refractivity contribution >= 4 is 21.4 Å². The Morgan fingerprint density at radius 1 is 1.37 bits per heavy atom. The molecular weight excluding hydrogens is 261 g/mol. The summed E-state index contributed by atoms with van der Waals surface area (Å²) in [6.45, 7) is 4.12. The summed E-state index contributed by atoms with van der Waals surface area (Å²) in [4.78, 5) is 1.17. The number of fused-ring (bicyclic) bond motifs is 1. The van der Waals surface area contributed by atoms with Gasteiger partial charge in [0.25, 0.3) is 0 Å². The Hall–Kier alpha value is -0.970. The van der Waals surface area contributed by atoms with Gasteiger partial charge in [0.15, 0.2) is 0 Å². The Morgan fingerprint density at radius 3 is 2.95 bits per heavy atom. The third-order valence-corrected chi connectivity index (χ3v) is 4.27. The fourth-order valence-corrected chi connectivity index (χ4v) is 3.33. The van der Waals surface area contributed by atoms with Crippen LogP contribution < -0.4 is 5.32 Å². The minimum absolute atomic E-state index is 0.148. The molecule has 2 rings (SSSR count). The van der Waals surface area contributed by atoms with E-state index < -0.39 is 0 Å².